The van der Waals surface area contributed by atoms with Crippen LogP contribution in [0.4, 0.5) is 0 Å². The first-order valence-corrected chi connectivity index (χ1v) is 11.7. The lowest BCUT2D eigenvalue weighted by molar-refractivity contribution is 0.0951. The molecule has 5 aromatic rings. The number of hydrogen-bond acceptors (Lipinski definition) is 5. The summed E-state index contributed by atoms with van der Waals surface area (Å²) in [5.74, 6) is 0.216. The van der Waals surface area contributed by atoms with Gasteiger partial charge >= 0.3 is 5.69 Å². The number of nitrogens with zero attached hydrogens (tertiary/aromatic N) is 3. The summed E-state index contributed by atoms with van der Waals surface area (Å²) < 4.78 is 8.11. The van der Waals surface area contributed by atoms with Crippen LogP contribution in [0.3, 0.4) is 0 Å². The first kappa shape index (κ1) is 23.7. The molecular weight excluding hydrogens is 468 g/mol. The average molecular weight is 493 g/mol. The molecule has 1 amide bonds. The van der Waals surface area contributed by atoms with Crippen molar-refractivity contribution in [3.05, 3.63) is 135 Å². The minimum absolute atomic E-state index is 0.206. The number of pyridine rings is 1. The predicted octanol–water partition coefficient (Wildman–Crippen LogP) is 3.53. The van der Waals surface area contributed by atoms with E-state index >= 15 is 0 Å². The number of nitrogens with one attached hydrogen (secondary N) is 1. The maximum absolute atomic E-state index is 13.7. The molecule has 8 nitrogen and oxygen atoms in total. The lowest BCUT2D eigenvalue weighted by Gasteiger charge is -2.16. The number of rotatable bonds is 7. The number of ether oxygens (including phenoxy) is 1. The normalized spacial score (nSPS) is 10.8. The molecule has 2 heterocycles. The Kier molecular flexibility index (Phi) is 6.63. The highest BCUT2D eigenvalue weighted by Crippen LogP contribution is 2.20. The van der Waals surface area contributed by atoms with Crippen LogP contribution in [0.15, 0.2) is 107 Å². The van der Waals surface area contributed by atoms with Crippen LogP contribution in [0.1, 0.15) is 21.5 Å². The highest BCUT2D eigenvalue weighted by molar-refractivity contribution is 5.94. The summed E-state index contributed by atoms with van der Waals surface area (Å²) in [5, 5.41) is 3.29. The van der Waals surface area contributed by atoms with Crippen molar-refractivity contribution < 1.29 is 9.53 Å². The van der Waals surface area contributed by atoms with Crippen molar-refractivity contribution in [3.63, 3.8) is 0 Å². The van der Waals surface area contributed by atoms with E-state index in [-0.39, 0.29) is 12.5 Å². The predicted molar refractivity (Wildman–Crippen MR) is 141 cm³/mol. The third kappa shape index (κ3) is 4.77. The van der Waals surface area contributed by atoms with E-state index in [0.29, 0.717) is 34.4 Å². The van der Waals surface area contributed by atoms with Crippen LogP contribution in [-0.4, -0.2) is 27.1 Å². The molecule has 184 valence electrons. The highest BCUT2D eigenvalue weighted by Gasteiger charge is 2.17. The molecule has 8 heteroatoms. The third-order valence-electron chi connectivity index (χ3n) is 6.11. The van der Waals surface area contributed by atoms with Gasteiger partial charge in [0.05, 0.1) is 30.2 Å². The lowest BCUT2D eigenvalue weighted by atomic mass is 10.1. The largest absolute Gasteiger partial charge is 0.495 e. The number of hydrogen-bond donors (Lipinski definition) is 1. The molecular formula is C29H24N4O4. The van der Waals surface area contributed by atoms with E-state index in [2.05, 4.69) is 10.3 Å². The molecule has 0 atom stereocenters. The van der Waals surface area contributed by atoms with Crippen molar-refractivity contribution in [3.8, 4) is 11.4 Å². The molecule has 0 bridgehead atoms. The topological polar surface area (TPSA) is 95.2 Å². The van der Waals surface area contributed by atoms with Crippen LogP contribution < -0.4 is 21.3 Å². The van der Waals surface area contributed by atoms with Gasteiger partial charge in [-0.1, -0.05) is 42.5 Å². The Balaban J connectivity index is 1.48. The zero-order valence-corrected chi connectivity index (χ0v) is 20.1. The van der Waals surface area contributed by atoms with Crippen molar-refractivity contribution in [1.29, 1.82) is 0 Å². The summed E-state index contributed by atoms with van der Waals surface area (Å²) in [4.78, 5) is 43.7. The van der Waals surface area contributed by atoms with Gasteiger partial charge in [-0.05, 0) is 53.6 Å². The Hall–Kier alpha value is -4.98. The van der Waals surface area contributed by atoms with Crippen LogP contribution in [0.25, 0.3) is 16.6 Å². The fraction of sp³-hybridized carbons (Fsp3) is 0.103. The van der Waals surface area contributed by atoms with Gasteiger partial charge in [0.1, 0.15) is 5.75 Å². The number of benzene rings is 3. The molecule has 3 aromatic carbocycles. The Bertz CT molecular complexity index is 1690. The van der Waals surface area contributed by atoms with Crippen molar-refractivity contribution >= 4 is 16.8 Å². The highest BCUT2D eigenvalue weighted by atomic mass is 16.5. The molecule has 1 N–H and O–H groups in total. The summed E-state index contributed by atoms with van der Waals surface area (Å²) in [6, 6.07) is 24.7. The van der Waals surface area contributed by atoms with Gasteiger partial charge in [0.15, 0.2) is 0 Å². The van der Waals surface area contributed by atoms with Gasteiger partial charge in [0.25, 0.3) is 11.5 Å². The number of para-hydroxylation sites is 3. The summed E-state index contributed by atoms with van der Waals surface area (Å²) in [6.07, 6.45) is 3.39. The van der Waals surface area contributed by atoms with E-state index in [9.17, 15) is 14.4 Å². The van der Waals surface area contributed by atoms with Crippen molar-refractivity contribution in [2.24, 2.45) is 0 Å². The molecule has 0 aliphatic heterocycles. The van der Waals surface area contributed by atoms with Gasteiger partial charge < -0.3 is 10.1 Å². The third-order valence-corrected chi connectivity index (χ3v) is 6.11. The van der Waals surface area contributed by atoms with E-state index in [1.54, 1.807) is 89.8 Å². The van der Waals surface area contributed by atoms with Gasteiger partial charge in [0, 0.05) is 24.5 Å². The van der Waals surface area contributed by atoms with Crippen molar-refractivity contribution in [2.75, 3.05) is 7.11 Å². The van der Waals surface area contributed by atoms with Crippen LogP contribution in [0, 0.1) is 0 Å². The molecule has 2 aromatic heterocycles. The SMILES string of the molecule is COc1ccccc1-n1c(=O)c2ccccc2n(Cc2ccc(C(=O)NCc3cccnc3)cc2)c1=O. The zero-order valence-electron chi connectivity index (χ0n) is 20.1. The first-order valence-electron chi connectivity index (χ1n) is 11.7. The monoisotopic (exact) mass is 492 g/mol. The number of amides is 1. The van der Waals surface area contributed by atoms with Gasteiger partial charge in [-0.2, -0.15) is 0 Å². The Labute approximate surface area is 212 Å². The number of carbonyl (C=O) groups is 1. The fourth-order valence-corrected chi connectivity index (χ4v) is 4.23. The maximum atomic E-state index is 13.7. The number of methoxy groups -OCH3 is 1. The second kappa shape index (κ2) is 10.3. The summed E-state index contributed by atoms with van der Waals surface area (Å²) in [6.45, 7) is 0.590. The minimum Gasteiger partial charge on any atom is -0.495 e. The first-order chi connectivity index (χ1) is 18.1. The average Bonchev–Trinajstić information content (AvgIpc) is 2.95. The molecule has 0 spiro atoms. The van der Waals surface area contributed by atoms with Gasteiger partial charge in [0.2, 0.25) is 0 Å². The molecule has 0 aliphatic carbocycles. The quantitative estimate of drug-likeness (QED) is 0.375. The Morgan fingerprint density at radius 2 is 1.65 bits per heavy atom. The number of aromatic nitrogens is 3. The van der Waals surface area contributed by atoms with E-state index in [1.165, 1.54) is 7.11 Å². The maximum Gasteiger partial charge on any atom is 0.336 e. The van der Waals surface area contributed by atoms with Crippen LogP contribution in [0.5, 0.6) is 5.75 Å². The smallest absolute Gasteiger partial charge is 0.336 e. The molecule has 0 unspecified atom stereocenters. The molecule has 0 saturated heterocycles. The Morgan fingerprint density at radius 3 is 2.41 bits per heavy atom. The molecule has 37 heavy (non-hydrogen) atoms. The molecule has 0 radical (unpaired) electrons. The van der Waals surface area contributed by atoms with Crippen LogP contribution in [0.2, 0.25) is 0 Å². The van der Waals surface area contributed by atoms with Crippen molar-refractivity contribution in [1.82, 2.24) is 19.4 Å². The summed E-state index contributed by atoms with van der Waals surface area (Å²) >= 11 is 0. The van der Waals surface area contributed by atoms with E-state index in [0.717, 1.165) is 15.7 Å². The van der Waals surface area contributed by atoms with Gasteiger partial charge in [-0.3, -0.25) is 19.1 Å². The van der Waals surface area contributed by atoms with E-state index in [4.69, 9.17) is 4.74 Å². The van der Waals surface area contributed by atoms with Crippen molar-refractivity contribution in [2.45, 2.75) is 13.1 Å². The molecule has 5 rings (SSSR count). The van der Waals surface area contributed by atoms with Gasteiger partial charge in [-0.15, -0.1) is 0 Å². The van der Waals surface area contributed by atoms with Crippen LogP contribution in [-0.2, 0) is 13.1 Å². The van der Waals surface area contributed by atoms with E-state index in [1.807, 2.05) is 12.1 Å². The standard InChI is InChI=1S/C29H24N4O4/c1-37-26-11-5-4-10-25(26)33-28(35)23-8-2-3-9-24(23)32(29(33)36)19-20-12-14-22(15-13-20)27(34)31-18-21-7-6-16-30-17-21/h2-17H,18-19H2,1H3,(H,31,34). The Morgan fingerprint density at radius 1 is 0.892 bits per heavy atom. The number of fused-ring (bicyclic) bond motifs is 1. The zero-order chi connectivity index (χ0) is 25.8. The number of carbonyl (C=O) groups excluding carboxylic acids is 1. The fourth-order valence-electron chi connectivity index (χ4n) is 4.23. The lowest BCUT2D eigenvalue weighted by Crippen LogP contribution is -2.39. The second-order valence-electron chi connectivity index (χ2n) is 8.44. The van der Waals surface area contributed by atoms with Crippen LogP contribution >= 0.6 is 0 Å². The second-order valence-corrected chi connectivity index (χ2v) is 8.44. The molecule has 0 fully saturated rings. The summed E-state index contributed by atoms with van der Waals surface area (Å²) in [5.41, 5.74) is 2.23. The summed E-state index contributed by atoms with van der Waals surface area (Å²) in [7, 11) is 1.50. The molecule has 0 aliphatic rings. The van der Waals surface area contributed by atoms with Gasteiger partial charge in [-0.25, -0.2) is 9.36 Å². The minimum atomic E-state index is -0.480. The van der Waals surface area contributed by atoms with E-state index < -0.39 is 11.2 Å². The molecule has 0 saturated carbocycles.